The molecule has 172 valence electrons. The normalized spacial score (nSPS) is 11.0. The van der Waals surface area contributed by atoms with E-state index in [9.17, 15) is 29.4 Å². The van der Waals surface area contributed by atoms with Gasteiger partial charge in [-0.25, -0.2) is 9.59 Å². The summed E-state index contributed by atoms with van der Waals surface area (Å²) in [5.41, 5.74) is -0.303. The largest absolute Gasteiger partial charge is 0.504 e. The molecule has 0 spiro atoms. The summed E-state index contributed by atoms with van der Waals surface area (Å²) >= 11 is 0. The van der Waals surface area contributed by atoms with Gasteiger partial charge in [-0.15, -0.1) is 0 Å². The number of aromatic carboxylic acids is 2. The monoisotopic (exact) mass is 456 g/mol. The molecule has 2 aromatic rings. The SMILES string of the molecule is COc1cc(/C=C/C(=O)CC(=O)/C=C/c2cc(OC)c(O)c(C(=O)O)c2)cc(C(=O)O)c1O. The van der Waals surface area contributed by atoms with Crippen LogP contribution in [0.4, 0.5) is 0 Å². The molecule has 0 heterocycles. The summed E-state index contributed by atoms with van der Waals surface area (Å²) in [5.74, 6) is -5.21. The van der Waals surface area contributed by atoms with E-state index >= 15 is 0 Å². The molecule has 0 aromatic heterocycles. The molecule has 33 heavy (non-hydrogen) atoms. The summed E-state index contributed by atoms with van der Waals surface area (Å²) in [6.07, 6.45) is 4.20. The summed E-state index contributed by atoms with van der Waals surface area (Å²) in [7, 11) is 2.49. The molecule has 2 rings (SSSR count). The van der Waals surface area contributed by atoms with Crippen molar-refractivity contribution >= 4 is 35.7 Å². The number of allylic oxidation sites excluding steroid dienone is 2. The van der Waals surface area contributed by atoms with E-state index in [1.165, 1.54) is 38.5 Å². The van der Waals surface area contributed by atoms with Crippen LogP contribution in [-0.2, 0) is 9.59 Å². The molecule has 0 aliphatic rings. The zero-order valence-electron chi connectivity index (χ0n) is 17.6. The van der Waals surface area contributed by atoms with Crippen molar-refractivity contribution in [3.05, 3.63) is 58.7 Å². The molecule has 0 radical (unpaired) electrons. The van der Waals surface area contributed by atoms with E-state index in [1.807, 2.05) is 0 Å². The number of hydrogen-bond donors (Lipinski definition) is 4. The topological polar surface area (TPSA) is 168 Å². The molecule has 0 bridgehead atoms. The van der Waals surface area contributed by atoms with Crippen molar-refractivity contribution in [1.29, 1.82) is 0 Å². The third kappa shape index (κ3) is 6.20. The van der Waals surface area contributed by atoms with Crippen molar-refractivity contribution in [2.24, 2.45) is 0 Å². The zero-order valence-corrected chi connectivity index (χ0v) is 17.6. The van der Waals surface area contributed by atoms with E-state index in [0.29, 0.717) is 0 Å². The molecule has 0 aliphatic heterocycles. The summed E-state index contributed by atoms with van der Waals surface area (Å²) in [5, 5.41) is 37.9. The Kier molecular flexibility index (Phi) is 7.94. The van der Waals surface area contributed by atoms with E-state index in [1.54, 1.807) is 0 Å². The number of carbonyl (C=O) groups is 4. The van der Waals surface area contributed by atoms with Gasteiger partial charge in [-0.2, -0.15) is 0 Å². The summed E-state index contributed by atoms with van der Waals surface area (Å²) in [6, 6.07) is 4.94. The lowest BCUT2D eigenvalue weighted by Crippen LogP contribution is -2.03. The number of carbonyl (C=O) groups excluding carboxylic acids is 2. The zero-order chi connectivity index (χ0) is 24.7. The molecule has 10 nitrogen and oxygen atoms in total. The Morgan fingerprint density at radius 3 is 1.39 bits per heavy atom. The number of benzene rings is 2. The Balaban J connectivity index is 2.14. The first-order valence-electron chi connectivity index (χ1n) is 9.27. The number of carboxylic acid groups (broad SMARTS) is 2. The van der Waals surface area contributed by atoms with Gasteiger partial charge in [0.2, 0.25) is 0 Å². The Morgan fingerprint density at radius 1 is 0.727 bits per heavy atom. The van der Waals surface area contributed by atoms with Crippen LogP contribution in [0.1, 0.15) is 38.3 Å². The fraction of sp³-hybridized carbons (Fsp3) is 0.130. The highest BCUT2D eigenvalue weighted by Gasteiger charge is 2.17. The molecule has 2 aromatic carbocycles. The van der Waals surface area contributed by atoms with Crippen molar-refractivity contribution in [3.8, 4) is 23.0 Å². The summed E-state index contributed by atoms with van der Waals surface area (Å²) < 4.78 is 9.82. The van der Waals surface area contributed by atoms with Crippen molar-refractivity contribution < 1.29 is 49.1 Å². The van der Waals surface area contributed by atoms with Gasteiger partial charge in [0.25, 0.3) is 0 Å². The van der Waals surface area contributed by atoms with Crippen LogP contribution in [0.25, 0.3) is 12.2 Å². The lowest BCUT2D eigenvalue weighted by molar-refractivity contribution is -0.121. The summed E-state index contributed by atoms with van der Waals surface area (Å²) in [4.78, 5) is 46.6. The molecule has 0 atom stereocenters. The average molecular weight is 456 g/mol. The van der Waals surface area contributed by atoms with Crippen LogP contribution < -0.4 is 9.47 Å². The van der Waals surface area contributed by atoms with Crippen molar-refractivity contribution in [1.82, 2.24) is 0 Å². The summed E-state index contributed by atoms with van der Waals surface area (Å²) in [6.45, 7) is 0. The Labute approximate surface area is 187 Å². The van der Waals surface area contributed by atoms with Gasteiger partial charge >= 0.3 is 11.9 Å². The van der Waals surface area contributed by atoms with Gasteiger partial charge in [-0.1, -0.05) is 12.2 Å². The molecule has 0 aliphatic carbocycles. The quantitative estimate of drug-likeness (QED) is 0.308. The van der Waals surface area contributed by atoms with Gasteiger partial charge in [-0.05, 0) is 47.5 Å². The smallest absolute Gasteiger partial charge is 0.339 e. The standard InChI is InChI=1S/C23H20O10/c1-32-18-9-12(7-16(20(18)26)22(28)29)3-5-14(24)11-15(25)6-4-13-8-17(23(30)31)21(27)19(10-13)33-2/h3-10,26-27H,11H2,1-2H3,(H,28,29)(H,30,31)/b5-3+,6-4+. The molecule has 4 N–H and O–H groups in total. The second kappa shape index (κ2) is 10.6. The third-order valence-electron chi connectivity index (χ3n) is 4.37. The van der Waals surface area contributed by atoms with Crippen LogP contribution in [0, 0.1) is 0 Å². The highest BCUT2D eigenvalue weighted by molar-refractivity contribution is 6.11. The maximum atomic E-state index is 12.1. The van der Waals surface area contributed by atoms with Gasteiger partial charge in [0.05, 0.1) is 20.6 Å². The first-order chi connectivity index (χ1) is 15.6. The minimum Gasteiger partial charge on any atom is -0.504 e. The predicted molar refractivity (Wildman–Crippen MR) is 116 cm³/mol. The molecule has 0 amide bonds. The van der Waals surface area contributed by atoms with E-state index < -0.39 is 52.6 Å². The number of carboxylic acids is 2. The third-order valence-corrected chi connectivity index (χ3v) is 4.37. The fourth-order valence-electron chi connectivity index (χ4n) is 2.76. The number of phenols is 2. The molecule has 10 heteroatoms. The van der Waals surface area contributed by atoms with Crippen LogP contribution in [0.3, 0.4) is 0 Å². The van der Waals surface area contributed by atoms with Crippen molar-refractivity contribution in [3.63, 3.8) is 0 Å². The Bertz CT molecular complexity index is 1080. The Hall–Kier alpha value is -4.60. The van der Waals surface area contributed by atoms with E-state index in [2.05, 4.69) is 0 Å². The van der Waals surface area contributed by atoms with Crippen LogP contribution in [0.5, 0.6) is 23.0 Å². The van der Waals surface area contributed by atoms with E-state index in [0.717, 1.165) is 24.3 Å². The van der Waals surface area contributed by atoms with Gasteiger partial charge in [0, 0.05) is 0 Å². The number of aromatic hydroxyl groups is 2. The minimum absolute atomic E-state index is 0.0916. The number of ketones is 2. The maximum absolute atomic E-state index is 12.1. The Morgan fingerprint density at radius 2 is 1.09 bits per heavy atom. The minimum atomic E-state index is -1.38. The second-order valence-electron chi connectivity index (χ2n) is 6.63. The number of methoxy groups -OCH3 is 2. The van der Waals surface area contributed by atoms with Gasteiger partial charge in [0.1, 0.15) is 11.1 Å². The molecule has 0 fully saturated rings. The van der Waals surface area contributed by atoms with Crippen LogP contribution in [0.15, 0.2) is 36.4 Å². The maximum Gasteiger partial charge on any atom is 0.339 e. The predicted octanol–water partition coefficient (Wildman–Crippen LogP) is 2.77. The van der Waals surface area contributed by atoms with Crippen LogP contribution in [-0.4, -0.2) is 58.2 Å². The molecule has 0 unspecified atom stereocenters. The first kappa shape index (κ1) is 24.7. The molecular formula is C23H20O10. The molecule has 0 saturated heterocycles. The number of ether oxygens (including phenoxy) is 2. The van der Waals surface area contributed by atoms with E-state index in [-0.39, 0.29) is 22.6 Å². The van der Waals surface area contributed by atoms with Gasteiger partial charge < -0.3 is 29.9 Å². The van der Waals surface area contributed by atoms with Crippen LogP contribution in [0.2, 0.25) is 0 Å². The number of hydrogen-bond acceptors (Lipinski definition) is 8. The van der Waals surface area contributed by atoms with Gasteiger partial charge in [-0.3, -0.25) is 9.59 Å². The van der Waals surface area contributed by atoms with E-state index in [4.69, 9.17) is 19.7 Å². The molecule has 0 saturated carbocycles. The fourth-order valence-corrected chi connectivity index (χ4v) is 2.76. The highest BCUT2D eigenvalue weighted by atomic mass is 16.5. The average Bonchev–Trinajstić information content (AvgIpc) is 2.77. The number of rotatable bonds is 10. The first-order valence-corrected chi connectivity index (χ1v) is 9.27. The molecular weight excluding hydrogens is 436 g/mol. The van der Waals surface area contributed by atoms with Gasteiger partial charge in [0.15, 0.2) is 34.6 Å². The second-order valence-corrected chi connectivity index (χ2v) is 6.63. The van der Waals surface area contributed by atoms with Crippen LogP contribution >= 0.6 is 0 Å². The lowest BCUT2D eigenvalue weighted by atomic mass is 10.1. The lowest BCUT2D eigenvalue weighted by Gasteiger charge is -2.07. The highest BCUT2D eigenvalue weighted by Crippen LogP contribution is 2.33. The van der Waals surface area contributed by atoms with Crippen molar-refractivity contribution in [2.45, 2.75) is 6.42 Å². The van der Waals surface area contributed by atoms with Crippen molar-refractivity contribution in [2.75, 3.05) is 14.2 Å².